The van der Waals surface area contributed by atoms with Crippen molar-refractivity contribution >= 4 is 11.3 Å². The number of nitrogens with zero attached hydrogens (tertiary/aromatic N) is 1. The molecule has 0 fully saturated rings. The maximum atomic E-state index is 5.84. The minimum atomic E-state index is 0.294. The molecule has 0 radical (unpaired) electrons. The number of aromatic nitrogens is 1. The Morgan fingerprint density at radius 3 is 3.09 bits per heavy atom. The van der Waals surface area contributed by atoms with E-state index in [0.29, 0.717) is 6.04 Å². The molecular weight excluding hydrogens is 156 g/mol. The zero-order valence-electron chi connectivity index (χ0n) is 6.79. The SMILES string of the molecule is CCCC(N)Cc1cscn1. The molecule has 2 nitrogen and oxygen atoms in total. The van der Waals surface area contributed by atoms with E-state index in [1.54, 1.807) is 11.3 Å². The van der Waals surface area contributed by atoms with Crippen LogP contribution in [0.2, 0.25) is 0 Å². The number of hydrogen-bond donors (Lipinski definition) is 1. The summed E-state index contributed by atoms with van der Waals surface area (Å²) in [6.45, 7) is 2.15. The smallest absolute Gasteiger partial charge is 0.0794 e. The highest BCUT2D eigenvalue weighted by molar-refractivity contribution is 7.07. The molecule has 1 heterocycles. The molecule has 0 aliphatic carbocycles. The van der Waals surface area contributed by atoms with Crippen LogP contribution in [0.15, 0.2) is 10.9 Å². The van der Waals surface area contributed by atoms with Crippen LogP contribution in [0, 0.1) is 0 Å². The van der Waals surface area contributed by atoms with Crippen LogP contribution in [0.3, 0.4) is 0 Å². The van der Waals surface area contributed by atoms with E-state index in [-0.39, 0.29) is 0 Å². The second-order valence-corrected chi connectivity index (χ2v) is 3.45. The van der Waals surface area contributed by atoms with Crippen LogP contribution in [-0.4, -0.2) is 11.0 Å². The van der Waals surface area contributed by atoms with Gasteiger partial charge in [0, 0.05) is 17.8 Å². The summed E-state index contributed by atoms with van der Waals surface area (Å²) in [6, 6.07) is 0.294. The van der Waals surface area contributed by atoms with Crippen molar-refractivity contribution in [2.24, 2.45) is 5.73 Å². The van der Waals surface area contributed by atoms with Crippen LogP contribution in [0.4, 0.5) is 0 Å². The summed E-state index contributed by atoms with van der Waals surface area (Å²) in [6.07, 6.45) is 3.18. The molecule has 2 N–H and O–H groups in total. The second kappa shape index (κ2) is 4.46. The van der Waals surface area contributed by atoms with E-state index in [9.17, 15) is 0 Å². The van der Waals surface area contributed by atoms with Crippen molar-refractivity contribution in [1.82, 2.24) is 4.98 Å². The van der Waals surface area contributed by atoms with Gasteiger partial charge in [0.1, 0.15) is 0 Å². The molecule has 3 heteroatoms. The Hall–Kier alpha value is -0.410. The van der Waals surface area contributed by atoms with Crippen LogP contribution in [0.5, 0.6) is 0 Å². The molecule has 0 aliphatic heterocycles. The van der Waals surface area contributed by atoms with Gasteiger partial charge < -0.3 is 5.73 Å². The Labute approximate surface area is 71.5 Å². The van der Waals surface area contributed by atoms with E-state index in [2.05, 4.69) is 17.3 Å². The van der Waals surface area contributed by atoms with E-state index in [1.807, 2.05) is 5.51 Å². The van der Waals surface area contributed by atoms with Crippen molar-refractivity contribution < 1.29 is 0 Å². The molecule has 1 atom stereocenters. The summed E-state index contributed by atoms with van der Waals surface area (Å²) < 4.78 is 0. The van der Waals surface area contributed by atoms with Gasteiger partial charge in [0.25, 0.3) is 0 Å². The van der Waals surface area contributed by atoms with E-state index >= 15 is 0 Å². The Morgan fingerprint density at radius 2 is 2.55 bits per heavy atom. The molecule has 1 unspecified atom stereocenters. The molecule has 1 rings (SSSR count). The molecule has 0 aromatic carbocycles. The van der Waals surface area contributed by atoms with Gasteiger partial charge in [-0.1, -0.05) is 13.3 Å². The third-order valence-corrected chi connectivity index (χ3v) is 2.25. The standard InChI is InChI=1S/C8H14N2S/c1-2-3-7(9)4-8-5-11-6-10-8/h5-7H,2-4,9H2,1H3. The molecule has 1 aromatic heterocycles. The van der Waals surface area contributed by atoms with Gasteiger partial charge in [-0.2, -0.15) is 0 Å². The molecule has 1 aromatic rings. The third kappa shape index (κ3) is 2.99. The summed E-state index contributed by atoms with van der Waals surface area (Å²) in [4.78, 5) is 4.18. The van der Waals surface area contributed by atoms with Gasteiger partial charge >= 0.3 is 0 Å². The quantitative estimate of drug-likeness (QED) is 0.748. The third-order valence-electron chi connectivity index (χ3n) is 1.61. The lowest BCUT2D eigenvalue weighted by molar-refractivity contribution is 0.595. The Bertz CT molecular complexity index is 184. The van der Waals surface area contributed by atoms with Crippen molar-refractivity contribution in [2.45, 2.75) is 32.2 Å². The molecule has 0 spiro atoms. The van der Waals surface area contributed by atoms with Crippen molar-refractivity contribution in [3.05, 3.63) is 16.6 Å². The Kier molecular flexibility index (Phi) is 3.52. The Morgan fingerprint density at radius 1 is 1.73 bits per heavy atom. The highest BCUT2D eigenvalue weighted by atomic mass is 32.1. The molecule has 0 amide bonds. The van der Waals surface area contributed by atoms with E-state index in [1.165, 1.54) is 0 Å². The zero-order chi connectivity index (χ0) is 8.10. The van der Waals surface area contributed by atoms with E-state index in [4.69, 9.17) is 5.73 Å². The van der Waals surface area contributed by atoms with Gasteiger partial charge in [-0.25, -0.2) is 4.98 Å². The maximum absolute atomic E-state index is 5.84. The number of nitrogens with two attached hydrogens (primary N) is 1. The highest BCUT2D eigenvalue weighted by Crippen LogP contribution is 2.05. The fourth-order valence-corrected chi connectivity index (χ4v) is 1.65. The summed E-state index contributed by atoms with van der Waals surface area (Å²) >= 11 is 1.63. The maximum Gasteiger partial charge on any atom is 0.0794 e. The molecule has 0 aliphatic rings. The van der Waals surface area contributed by atoms with Crippen LogP contribution >= 0.6 is 11.3 Å². The first-order valence-electron chi connectivity index (χ1n) is 3.95. The lowest BCUT2D eigenvalue weighted by Gasteiger charge is -2.06. The minimum Gasteiger partial charge on any atom is -0.327 e. The topological polar surface area (TPSA) is 38.9 Å². The largest absolute Gasteiger partial charge is 0.327 e. The highest BCUT2D eigenvalue weighted by Gasteiger charge is 2.03. The van der Waals surface area contributed by atoms with E-state index in [0.717, 1.165) is 25.0 Å². The summed E-state index contributed by atoms with van der Waals surface area (Å²) in [5, 5.41) is 2.06. The van der Waals surface area contributed by atoms with Gasteiger partial charge in [-0.05, 0) is 6.42 Å². The number of thiazole rings is 1. The molecule has 0 saturated heterocycles. The van der Waals surface area contributed by atoms with Gasteiger partial charge in [0.15, 0.2) is 0 Å². The number of hydrogen-bond acceptors (Lipinski definition) is 3. The lowest BCUT2D eigenvalue weighted by Crippen LogP contribution is -2.22. The molecular formula is C8H14N2S. The lowest BCUT2D eigenvalue weighted by atomic mass is 10.1. The van der Waals surface area contributed by atoms with Crippen LogP contribution in [-0.2, 0) is 6.42 Å². The molecule has 0 saturated carbocycles. The monoisotopic (exact) mass is 170 g/mol. The molecule has 0 bridgehead atoms. The number of rotatable bonds is 4. The summed E-state index contributed by atoms with van der Waals surface area (Å²) in [5.74, 6) is 0. The van der Waals surface area contributed by atoms with Crippen LogP contribution in [0.1, 0.15) is 25.5 Å². The predicted octanol–water partition coefficient (Wildman–Crippen LogP) is 1.81. The van der Waals surface area contributed by atoms with Gasteiger partial charge in [-0.3, -0.25) is 0 Å². The molecule has 11 heavy (non-hydrogen) atoms. The fraction of sp³-hybridized carbons (Fsp3) is 0.625. The van der Waals surface area contributed by atoms with Crippen molar-refractivity contribution in [1.29, 1.82) is 0 Å². The van der Waals surface area contributed by atoms with Gasteiger partial charge in [0.2, 0.25) is 0 Å². The van der Waals surface area contributed by atoms with Crippen molar-refractivity contribution in [3.8, 4) is 0 Å². The normalized spacial score (nSPS) is 13.3. The van der Waals surface area contributed by atoms with Crippen LogP contribution < -0.4 is 5.73 Å². The second-order valence-electron chi connectivity index (χ2n) is 2.73. The van der Waals surface area contributed by atoms with Gasteiger partial charge in [0.05, 0.1) is 11.2 Å². The first kappa shape index (κ1) is 8.68. The summed E-state index contributed by atoms with van der Waals surface area (Å²) in [5.41, 5.74) is 8.83. The van der Waals surface area contributed by atoms with Gasteiger partial charge in [-0.15, -0.1) is 11.3 Å². The average molecular weight is 170 g/mol. The molecule has 62 valence electrons. The van der Waals surface area contributed by atoms with Crippen molar-refractivity contribution in [3.63, 3.8) is 0 Å². The van der Waals surface area contributed by atoms with Crippen LogP contribution in [0.25, 0.3) is 0 Å². The first-order chi connectivity index (χ1) is 5.33. The fourth-order valence-electron chi connectivity index (χ4n) is 1.08. The minimum absolute atomic E-state index is 0.294. The average Bonchev–Trinajstić information content (AvgIpc) is 2.40. The Balaban J connectivity index is 2.31. The summed E-state index contributed by atoms with van der Waals surface area (Å²) in [7, 11) is 0. The first-order valence-corrected chi connectivity index (χ1v) is 4.90. The zero-order valence-corrected chi connectivity index (χ0v) is 7.60. The predicted molar refractivity (Wildman–Crippen MR) is 48.7 cm³/mol. The van der Waals surface area contributed by atoms with Crippen molar-refractivity contribution in [2.75, 3.05) is 0 Å². The van der Waals surface area contributed by atoms with E-state index < -0.39 is 0 Å².